The van der Waals surface area contributed by atoms with Gasteiger partial charge in [0.25, 0.3) is 0 Å². The summed E-state index contributed by atoms with van der Waals surface area (Å²) in [6.07, 6.45) is 1.86. The fraction of sp³-hybridized carbons (Fsp3) is 0.917. The number of carbonyl (C=O) groups excluding carboxylic acids is 1. The monoisotopic (exact) mass is 230 g/mol. The topological polar surface area (TPSA) is 32.8 Å². The van der Waals surface area contributed by atoms with Crippen LogP contribution in [0.2, 0.25) is 0 Å². The van der Waals surface area contributed by atoms with Crippen LogP contribution in [0.15, 0.2) is 0 Å². The van der Waals surface area contributed by atoms with Crippen LogP contribution in [-0.2, 0) is 9.53 Å². The largest absolute Gasteiger partial charge is 0.465 e. The summed E-state index contributed by atoms with van der Waals surface area (Å²) in [4.78, 5) is 15.9. The third-order valence-corrected chi connectivity index (χ3v) is 2.55. The number of rotatable bonds is 8. The van der Waals surface area contributed by atoms with Crippen LogP contribution in [0.4, 0.5) is 0 Å². The normalized spacial score (nSPS) is 13.2. The molecule has 0 saturated carbocycles. The van der Waals surface area contributed by atoms with Crippen molar-refractivity contribution >= 4 is 5.97 Å². The fourth-order valence-corrected chi connectivity index (χ4v) is 1.54. The second kappa shape index (κ2) is 8.53. The third kappa shape index (κ3) is 6.08. The van der Waals surface area contributed by atoms with Crippen molar-refractivity contribution in [3.05, 3.63) is 0 Å². The van der Waals surface area contributed by atoms with E-state index in [0.29, 0.717) is 6.61 Å². The number of esters is 1. The maximum atomic E-state index is 11.7. The first-order chi connectivity index (χ1) is 7.52. The van der Waals surface area contributed by atoms with Gasteiger partial charge in [0, 0.05) is 13.1 Å². The molecule has 4 nitrogen and oxygen atoms in total. The Hall–Kier alpha value is -0.610. The molecule has 0 amide bonds. The van der Waals surface area contributed by atoms with Gasteiger partial charge in [0.15, 0.2) is 0 Å². The molecule has 0 aliphatic rings. The average Bonchev–Trinajstić information content (AvgIpc) is 2.22. The van der Waals surface area contributed by atoms with Crippen molar-refractivity contribution in [2.24, 2.45) is 0 Å². The molecule has 0 bridgehead atoms. The summed E-state index contributed by atoms with van der Waals surface area (Å²) in [5, 5.41) is 0. The highest BCUT2D eigenvalue weighted by atomic mass is 16.5. The lowest BCUT2D eigenvalue weighted by atomic mass is 10.1. The molecular formula is C12H26N2O2. The molecule has 1 unspecified atom stereocenters. The number of likely N-dealkylation sites (N-methyl/N-ethyl adjacent to an activating group) is 2. The Balaban J connectivity index is 4.22. The predicted molar refractivity (Wildman–Crippen MR) is 66.5 cm³/mol. The quantitative estimate of drug-likeness (QED) is 0.587. The fourth-order valence-electron chi connectivity index (χ4n) is 1.54. The molecule has 0 rings (SSSR count). The molecule has 1 atom stereocenters. The lowest BCUT2D eigenvalue weighted by molar-refractivity contribution is -0.149. The van der Waals surface area contributed by atoms with E-state index in [4.69, 9.17) is 4.74 Å². The predicted octanol–water partition coefficient (Wildman–Crippen LogP) is 1.21. The molecule has 0 aliphatic carbocycles. The molecule has 0 aromatic rings. The van der Waals surface area contributed by atoms with E-state index >= 15 is 0 Å². The molecule has 16 heavy (non-hydrogen) atoms. The molecule has 0 fully saturated rings. The Morgan fingerprint density at radius 3 is 2.25 bits per heavy atom. The van der Waals surface area contributed by atoms with Crippen LogP contribution in [0.25, 0.3) is 0 Å². The minimum atomic E-state index is -0.0927. The first kappa shape index (κ1) is 15.4. The van der Waals surface area contributed by atoms with Crippen LogP contribution in [0.5, 0.6) is 0 Å². The summed E-state index contributed by atoms with van der Waals surface area (Å²) in [7, 11) is 6.06. The number of ether oxygens (including phenoxy) is 1. The van der Waals surface area contributed by atoms with Crippen molar-refractivity contribution in [2.45, 2.75) is 32.7 Å². The number of hydrogen-bond acceptors (Lipinski definition) is 4. The molecular weight excluding hydrogens is 204 g/mol. The van der Waals surface area contributed by atoms with E-state index in [2.05, 4.69) is 16.7 Å². The van der Waals surface area contributed by atoms with Gasteiger partial charge in [0.2, 0.25) is 0 Å². The van der Waals surface area contributed by atoms with Crippen molar-refractivity contribution in [1.29, 1.82) is 0 Å². The maximum Gasteiger partial charge on any atom is 0.323 e. The van der Waals surface area contributed by atoms with Crippen LogP contribution in [0.3, 0.4) is 0 Å². The van der Waals surface area contributed by atoms with Gasteiger partial charge in [-0.05, 0) is 34.5 Å². The van der Waals surface area contributed by atoms with Gasteiger partial charge in [-0.25, -0.2) is 0 Å². The Morgan fingerprint density at radius 2 is 1.81 bits per heavy atom. The Kier molecular flexibility index (Phi) is 8.21. The lowest BCUT2D eigenvalue weighted by Gasteiger charge is -2.27. The van der Waals surface area contributed by atoms with Gasteiger partial charge in [-0.1, -0.05) is 13.3 Å². The lowest BCUT2D eigenvalue weighted by Crippen LogP contribution is -2.42. The Bertz CT molecular complexity index is 195. The Labute approximate surface area is 99.5 Å². The van der Waals surface area contributed by atoms with Gasteiger partial charge in [0.05, 0.1) is 6.61 Å². The zero-order valence-corrected chi connectivity index (χ0v) is 11.3. The van der Waals surface area contributed by atoms with Gasteiger partial charge in [-0.2, -0.15) is 0 Å². The molecule has 0 saturated heterocycles. The smallest absolute Gasteiger partial charge is 0.323 e. The van der Waals surface area contributed by atoms with E-state index < -0.39 is 0 Å². The van der Waals surface area contributed by atoms with Gasteiger partial charge in [0.1, 0.15) is 6.04 Å². The molecule has 4 heteroatoms. The van der Waals surface area contributed by atoms with Crippen molar-refractivity contribution in [3.63, 3.8) is 0 Å². The van der Waals surface area contributed by atoms with Crippen LogP contribution in [0, 0.1) is 0 Å². The van der Waals surface area contributed by atoms with Crippen molar-refractivity contribution in [2.75, 3.05) is 40.8 Å². The van der Waals surface area contributed by atoms with E-state index in [1.165, 1.54) is 0 Å². The second-order valence-corrected chi connectivity index (χ2v) is 4.34. The Morgan fingerprint density at radius 1 is 1.19 bits per heavy atom. The van der Waals surface area contributed by atoms with Gasteiger partial charge in [-0.15, -0.1) is 0 Å². The summed E-state index contributed by atoms with van der Waals surface area (Å²) in [5.74, 6) is -0.0920. The van der Waals surface area contributed by atoms with Gasteiger partial charge < -0.3 is 9.64 Å². The van der Waals surface area contributed by atoms with Crippen LogP contribution in [0.1, 0.15) is 26.7 Å². The van der Waals surface area contributed by atoms with Gasteiger partial charge >= 0.3 is 5.97 Å². The van der Waals surface area contributed by atoms with Crippen molar-refractivity contribution in [1.82, 2.24) is 9.80 Å². The minimum absolute atomic E-state index is 0.0920. The minimum Gasteiger partial charge on any atom is -0.465 e. The first-order valence-corrected chi connectivity index (χ1v) is 6.04. The van der Waals surface area contributed by atoms with Crippen LogP contribution in [-0.4, -0.2) is 62.7 Å². The van der Waals surface area contributed by atoms with Crippen molar-refractivity contribution in [3.8, 4) is 0 Å². The highest BCUT2D eigenvalue weighted by Gasteiger charge is 2.23. The molecule has 0 N–H and O–H groups in total. The summed E-state index contributed by atoms with van der Waals surface area (Å²) < 4.78 is 5.09. The summed E-state index contributed by atoms with van der Waals surface area (Å²) in [6, 6.07) is -0.0927. The zero-order valence-electron chi connectivity index (χ0n) is 11.3. The van der Waals surface area contributed by atoms with E-state index in [0.717, 1.165) is 25.9 Å². The number of hydrogen-bond donors (Lipinski definition) is 0. The molecule has 0 spiro atoms. The highest BCUT2D eigenvalue weighted by Crippen LogP contribution is 2.07. The molecule has 0 aromatic heterocycles. The van der Waals surface area contributed by atoms with E-state index in [1.54, 1.807) is 0 Å². The molecule has 0 aliphatic heterocycles. The maximum absolute atomic E-state index is 11.7. The van der Waals surface area contributed by atoms with Gasteiger partial charge in [-0.3, -0.25) is 9.69 Å². The van der Waals surface area contributed by atoms with E-state index in [9.17, 15) is 4.79 Å². The SMILES string of the molecule is CCCC(C(=O)OCC)N(C)CCN(C)C. The summed E-state index contributed by atoms with van der Waals surface area (Å²) in [6.45, 7) is 6.24. The van der Waals surface area contributed by atoms with E-state index in [-0.39, 0.29) is 12.0 Å². The zero-order chi connectivity index (χ0) is 12.6. The number of nitrogens with zero attached hydrogens (tertiary/aromatic N) is 2. The second-order valence-electron chi connectivity index (χ2n) is 4.34. The summed E-state index contributed by atoms with van der Waals surface area (Å²) in [5.41, 5.74) is 0. The van der Waals surface area contributed by atoms with Crippen LogP contribution >= 0.6 is 0 Å². The standard InChI is InChI=1S/C12H26N2O2/c1-6-8-11(12(15)16-7-2)14(5)10-9-13(3)4/h11H,6-10H2,1-5H3. The first-order valence-electron chi connectivity index (χ1n) is 6.04. The van der Waals surface area contributed by atoms with Crippen molar-refractivity contribution < 1.29 is 9.53 Å². The average molecular weight is 230 g/mol. The molecule has 96 valence electrons. The molecule has 0 radical (unpaired) electrons. The molecule has 0 heterocycles. The van der Waals surface area contributed by atoms with E-state index in [1.807, 2.05) is 28.1 Å². The highest BCUT2D eigenvalue weighted by molar-refractivity contribution is 5.75. The third-order valence-electron chi connectivity index (χ3n) is 2.55. The van der Waals surface area contributed by atoms with Crippen LogP contribution < -0.4 is 0 Å². The molecule has 0 aromatic carbocycles. The number of carbonyl (C=O) groups is 1. The summed E-state index contributed by atoms with van der Waals surface area (Å²) >= 11 is 0.